The van der Waals surface area contributed by atoms with Gasteiger partial charge >= 0.3 is 0 Å². The van der Waals surface area contributed by atoms with Gasteiger partial charge in [-0.15, -0.1) is 0 Å². The van der Waals surface area contributed by atoms with E-state index in [2.05, 4.69) is 32.7 Å². The lowest BCUT2D eigenvalue weighted by Gasteiger charge is -2.30. The Balaban J connectivity index is 2.28. The van der Waals surface area contributed by atoms with Gasteiger partial charge in [-0.1, -0.05) is 19.8 Å². The lowest BCUT2D eigenvalue weighted by Crippen LogP contribution is -2.35. The average Bonchev–Trinajstić information content (AvgIpc) is 2.54. The van der Waals surface area contributed by atoms with Crippen molar-refractivity contribution in [1.82, 2.24) is 4.98 Å². The minimum absolute atomic E-state index is 0.222. The standard InChI is InChI=1S/C13H18BrFN2/c1-2-11-6-4-3-5-7-17(11)13-12(15)8-10(14)9-16-13/h8-9,11H,2-7H2,1H3. The van der Waals surface area contributed by atoms with Crippen molar-refractivity contribution in [2.75, 3.05) is 11.4 Å². The van der Waals surface area contributed by atoms with Crippen molar-refractivity contribution in [3.63, 3.8) is 0 Å². The molecule has 2 rings (SSSR count). The SMILES string of the molecule is CCC1CCCCCN1c1ncc(Br)cc1F. The molecular weight excluding hydrogens is 283 g/mol. The van der Waals surface area contributed by atoms with E-state index < -0.39 is 0 Å². The van der Waals surface area contributed by atoms with Crippen LogP contribution in [0.5, 0.6) is 0 Å². The molecule has 1 unspecified atom stereocenters. The number of rotatable bonds is 2. The third-order valence-corrected chi connectivity index (χ3v) is 3.84. The Kier molecular flexibility index (Phi) is 4.37. The van der Waals surface area contributed by atoms with E-state index in [-0.39, 0.29) is 5.82 Å². The Morgan fingerprint density at radius 3 is 3.00 bits per heavy atom. The van der Waals surface area contributed by atoms with Gasteiger partial charge in [0.15, 0.2) is 11.6 Å². The number of halogens is 2. The highest BCUT2D eigenvalue weighted by atomic mass is 79.9. The summed E-state index contributed by atoms with van der Waals surface area (Å²) in [5, 5.41) is 0. The van der Waals surface area contributed by atoms with Crippen LogP contribution in [0.15, 0.2) is 16.7 Å². The first-order valence-electron chi connectivity index (χ1n) is 6.30. The second-order valence-electron chi connectivity index (χ2n) is 4.56. The predicted octanol–water partition coefficient (Wildman–Crippen LogP) is 4.14. The largest absolute Gasteiger partial charge is 0.351 e. The Labute approximate surface area is 110 Å². The predicted molar refractivity (Wildman–Crippen MR) is 71.8 cm³/mol. The van der Waals surface area contributed by atoms with Gasteiger partial charge in [-0.05, 0) is 41.3 Å². The molecule has 2 heterocycles. The van der Waals surface area contributed by atoms with E-state index in [0.29, 0.717) is 16.3 Å². The summed E-state index contributed by atoms with van der Waals surface area (Å²) >= 11 is 3.25. The molecule has 4 heteroatoms. The highest BCUT2D eigenvalue weighted by molar-refractivity contribution is 9.10. The fourth-order valence-electron chi connectivity index (χ4n) is 2.50. The zero-order valence-electron chi connectivity index (χ0n) is 10.1. The smallest absolute Gasteiger partial charge is 0.166 e. The molecule has 0 saturated carbocycles. The maximum absolute atomic E-state index is 13.9. The van der Waals surface area contributed by atoms with Gasteiger partial charge in [0.25, 0.3) is 0 Å². The van der Waals surface area contributed by atoms with Gasteiger partial charge in [-0.25, -0.2) is 9.37 Å². The van der Waals surface area contributed by atoms with Crippen LogP contribution >= 0.6 is 15.9 Å². The van der Waals surface area contributed by atoms with Gasteiger partial charge in [0.05, 0.1) is 0 Å². The molecule has 0 N–H and O–H groups in total. The van der Waals surface area contributed by atoms with Gasteiger partial charge in [0, 0.05) is 23.3 Å². The summed E-state index contributed by atoms with van der Waals surface area (Å²) in [4.78, 5) is 6.39. The number of hydrogen-bond donors (Lipinski definition) is 0. The highest BCUT2D eigenvalue weighted by Gasteiger charge is 2.23. The zero-order valence-corrected chi connectivity index (χ0v) is 11.7. The maximum atomic E-state index is 13.9. The number of nitrogens with zero attached hydrogens (tertiary/aromatic N) is 2. The van der Waals surface area contributed by atoms with Crippen molar-refractivity contribution >= 4 is 21.7 Å². The highest BCUT2D eigenvalue weighted by Crippen LogP contribution is 2.27. The van der Waals surface area contributed by atoms with Crippen molar-refractivity contribution < 1.29 is 4.39 Å². The summed E-state index contributed by atoms with van der Waals surface area (Å²) in [6.07, 6.45) is 7.49. The van der Waals surface area contributed by atoms with Crippen LogP contribution in [0.1, 0.15) is 39.0 Å². The summed E-state index contributed by atoms with van der Waals surface area (Å²) in [5.74, 6) is 0.293. The molecule has 0 aromatic carbocycles. The summed E-state index contributed by atoms with van der Waals surface area (Å²) in [6, 6.07) is 1.93. The Morgan fingerprint density at radius 2 is 2.29 bits per heavy atom. The Bertz CT molecular complexity index is 384. The van der Waals surface area contributed by atoms with Crippen LogP contribution in [-0.2, 0) is 0 Å². The quantitative estimate of drug-likeness (QED) is 0.816. The first-order valence-corrected chi connectivity index (χ1v) is 7.09. The van der Waals surface area contributed by atoms with Crippen molar-refractivity contribution in [1.29, 1.82) is 0 Å². The fraction of sp³-hybridized carbons (Fsp3) is 0.615. The minimum atomic E-state index is -0.222. The molecule has 0 radical (unpaired) electrons. The third-order valence-electron chi connectivity index (χ3n) is 3.41. The monoisotopic (exact) mass is 300 g/mol. The minimum Gasteiger partial charge on any atom is -0.351 e. The Hall–Kier alpha value is -0.640. The van der Waals surface area contributed by atoms with Crippen LogP contribution in [0, 0.1) is 5.82 Å². The van der Waals surface area contributed by atoms with Crippen LogP contribution in [0.3, 0.4) is 0 Å². The summed E-state index contributed by atoms with van der Waals surface area (Å²) < 4.78 is 14.6. The summed E-state index contributed by atoms with van der Waals surface area (Å²) in [6.45, 7) is 3.09. The molecule has 0 amide bonds. The Morgan fingerprint density at radius 1 is 1.47 bits per heavy atom. The number of anilines is 1. The molecule has 94 valence electrons. The molecule has 1 fully saturated rings. The molecule has 0 spiro atoms. The van der Waals surface area contributed by atoms with Crippen LogP contribution in [0.4, 0.5) is 10.2 Å². The average molecular weight is 301 g/mol. The van der Waals surface area contributed by atoms with Crippen LogP contribution in [0.25, 0.3) is 0 Å². The number of pyridine rings is 1. The van der Waals surface area contributed by atoms with Crippen LogP contribution < -0.4 is 4.90 Å². The molecule has 1 atom stereocenters. The molecular formula is C13H18BrFN2. The van der Waals surface area contributed by atoms with Crippen molar-refractivity contribution in [3.8, 4) is 0 Å². The van der Waals surface area contributed by atoms with E-state index in [4.69, 9.17) is 0 Å². The van der Waals surface area contributed by atoms with Gasteiger partial charge in [-0.2, -0.15) is 0 Å². The lowest BCUT2D eigenvalue weighted by atomic mass is 10.1. The van der Waals surface area contributed by atoms with Crippen molar-refractivity contribution in [3.05, 3.63) is 22.6 Å². The molecule has 2 nitrogen and oxygen atoms in total. The lowest BCUT2D eigenvalue weighted by molar-refractivity contribution is 0.533. The fourth-order valence-corrected chi connectivity index (χ4v) is 2.80. The first-order chi connectivity index (χ1) is 8.22. The van der Waals surface area contributed by atoms with Crippen molar-refractivity contribution in [2.24, 2.45) is 0 Å². The van der Waals surface area contributed by atoms with E-state index in [9.17, 15) is 4.39 Å². The van der Waals surface area contributed by atoms with E-state index >= 15 is 0 Å². The topological polar surface area (TPSA) is 16.1 Å². The summed E-state index contributed by atoms with van der Waals surface area (Å²) in [5.41, 5.74) is 0. The molecule has 17 heavy (non-hydrogen) atoms. The van der Waals surface area contributed by atoms with E-state index in [1.807, 2.05) is 0 Å². The van der Waals surface area contributed by atoms with Crippen LogP contribution in [-0.4, -0.2) is 17.6 Å². The molecule has 1 saturated heterocycles. The maximum Gasteiger partial charge on any atom is 0.166 e. The van der Waals surface area contributed by atoms with Gasteiger partial charge in [0.1, 0.15) is 0 Å². The van der Waals surface area contributed by atoms with E-state index in [1.54, 1.807) is 6.20 Å². The summed E-state index contributed by atoms with van der Waals surface area (Å²) in [7, 11) is 0. The van der Waals surface area contributed by atoms with Crippen LogP contribution in [0.2, 0.25) is 0 Å². The van der Waals surface area contributed by atoms with Gasteiger partial charge in [0.2, 0.25) is 0 Å². The molecule has 0 bridgehead atoms. The van der Waals surface area contributed by atoms with Gasteiger partial charge < -0.3 is 4.90 Å². The molecule has 1 aromatic rings. The molecule has 1 aliphatic rings. The first kappa shape index (κ1) is 12.8. The molecule has 1 aromatic heterocycles. The second kappa shape index (κ2) is 5.80. The second-order valence-corrected chi connectivity index (χ2v) is 5.48. The van der Waals surface area contributed by atoms with E-state index in [0.717, 1.165) is 25.8 Å². The van der Waals surface area contributed by atoms with Gasteiger partial charge in [-0.3, -0.25) is 0 Å². The third kappa shape index (κ3) is 2.97. The molecule has 0 aliphatic carbocycles. The zero-order chi connectivity index (χ0) is 12.3. The molecule has 1 aliphatic heterocycles. The van der Waals surface area contributed by atoms with Crippen molar-refractivity contribution in [2.45, 2.75) is 45.1 Å². The normalized spacial score (nSPS) is 21.4. The van der Waals surface area contributed by atoms with E-state index in [1.165, 1.54) is 18.9 Å². The number of aromatic nitrogens is 1. The number of hydrogen-bond acceptors (Lipinski definition) is 2.